The first-order chi connectivity index (χ1) is 14.7. The van der Waals surface area contributed by atoms with E-state index in [2.05, 4.69) is 64.7 Å². The van der Waals surface area contributed by atoms with E-state index in [0.717, 1.165) is 69.4 Å². The van der Waals surface area contributed by atoms with Crippen molar-refractivity contribution in [3.8, 4) is 0 Å². The van der Waals surface area contributed by atoms with Crippen molar-refractivity contribution in [2.24, 2.45) is 0 Å². The predicted octanol–water partition coefficient (Wildman–Crippen LogP) is 5.98. The molecule has 0 spiro atoms. The van der Waals surface area contributed by atoms with Crippen LogP contribution in [0, 0.1) is 0 Å². The topological polar surface area (TPSA) is 39.3 Å². The number of piperidine rings is 1. The molecule has 2 heterocycles. The summed E-state index contributed by atoms with van der Waals surface area (Å²) < 4.78 is 0.993. The van der Waals surface area contributed by atoms with Crippen LogP contribution in [-0.4, -0.2) is 48.9 Å². The zero-order chi connectivity index (χ0) is 22.1. The Kier molecular flexibility index (Phi) is 5.00. The van der Waals surface area contributed by atoms with Gasteiger partial charge in [-0.25, -0.2) is 0 Å². The molecule has 162 valence electrons. The highest BCUT2D eigenvalue weighted by Gasteiger charge is 2.40. The zero-order valence-corrected chi connectivity index (χ0v) is 20.7. The van der Waals surface area contributed by atoms with E-state index in [9.17, 15) is 4.79 Å². The van der Waals surface area contributed by atoms with Crippen molar-refractivity contribution in [2.45, 2.75) is 38.1 Å². The minimum absolute atomic E-state index is 0.0534. The highest BCUT2D eigenvalue weighted by Crippen LogP contribution is 2.46. The summed E-state index contributed by atoms with van der Waals surface area (Å²) in [4.78, 5) is 21.8. The number of hydrogen-bond donors (Lipinski definition) is 1. The molecule has 0 amide bonds. The highest BCUT2D eigenvalue weighted by atomic mass is 79.9. The van der Waals surface area contributed by atoms with E-state index in [4.69, 9.17) is 11.6 Å². The number of aromatic nitrogens is 1. The fourth-order valence-corrected chi connectivity index (χ4v) is 5.92. The summed E-state index contributed by atoms with van der Waals surface area (Å²) >= 11 is 10.3. The molecule has 31 heavy (non-hydrogen) atoms. The average molecular weight is 501 g/mol. The van der Waals surface area contributed by atoms with Crippen LogP contribution in [0.4, 0.5) is 5.69 Å². The molecule has 0 bridgehead atoms. The van der Waals surface area contributed by atoms with E-state index in [1.807, 2.05) is 24.3 Å². The molecular formula is C25H27BrClN3O. The fraction of sp³-hybridized carbons (Fsp3) is 0.400. The molecule has 1 saturated heterocycles. The highest BCUT2D eigenvalue weighted by molar-refractivity contribution is 9.10. The second-order valence-electron chi connectivity index (χ2n) is 9.55. The van der Waals surface area contributed by atoms with E-state index >= 15 is 0 Å². The number of ketones is 1. The van der Waals surface area contributed by atoms with E-state index in [-0.39, 0.29) is 11.2 Å². The van der Waals surface area contributed by atoms with Gasteiger partial charge in [-0.15, -0.1) is 0 Å². The van der Waals surface area contributed by atoms with Crippen molar-refractivity contribution in [1.82, 2.24) is 9.88 Å². The van der Waals surface area contributed by atoms with Gasteiger partial charge >= 0.3 is 0 Å². The number of nitrogens with one attached hydrogen (secondary N) is 1. The first kappa shape index (κ1) is 21.0. The normalized spacial score (nSPS) is 18.5. The van der Waals surface area contributed by atoms with Crippen LogP contribution in [0.3, 0.4) is 0 Å². The number of halogens is 2. The van der Waals surface area contributed by atoms with Gasteiger partial charge in [0.15, 0.2) is 5.78 Å². The number of H-pyrrole nitrogens is 1. The molecule has 0 saturated carbocycles. The van der Waals surface area contributed by atoms with Gasteiger partial charge in [0, 0.05) is 51.2 Å². The summed E-state index contributed by atoms with van der Waals surface area (Å²) in [6, 6.07) is 10.7. The second-order valence-corrected chi connectivity index (χ2v) is 10.9. The largest absolute Gasteiger partial charge is 0.370 e. The summed E-state index contributed by atoms with van der Waals surface area (Å²) in [5.41, 5.74) is 5.22. The number of rotatable bonds is 2. The number of aromatic amines is 1. The Morgan fingerprint density at radius 1 is 1.16 bits per heavy atom. The molecule has 1 aromatic heterocycles. The molecule has 3 aromatic rings. The number of nitrogens with zero attached hydrogens (tertiary/aromatic N) is 2. The lowest BCUT2D eigenvalue weighted by molar-refractivity contribution is 0.103. The van der Waals surface area contributed by atoms with Crippen molar-refractivity contribution in [3.63, 3.8) is 0 Å². The predicted molar refractivity (Wildman–Crippen MR) is 132 cm³/mol. The van der Waals surface area contributed by atoms with Gasteiger partial charge in [-0.1, -0.05) is 47.4 Å². The molecule has 0 radical (unpaired) electrons. The quantitative estimate of drug-likeness (QED) is 0.470. The second kappa shape index (κ2) is 7.36. The molecule has 0 unspecified atom stereocenters. The lowest BCUT2D eigenvalue weighted by Crippen LogP contribution is -2.42. The minimum Gasteiger partial charge on any atom is -0.370 e. The third kappa shape index (κ3) is 3.24. The molecular weight excluding hydrogens is 474 g/mol. The number of anilines is 1. The SMILES string of the molecule is CN(C)C1CCN(c2cc3c(cc2Cl)C(=O)c2c([nH]c4cc(Br)ccc24)C3(C)C)CC1. The van der Waals surface area contributed by atoms with Gasteiger partial charge in [0.2, 0.25) is 0 Å². The van der Waals surface area contributed by atoms with Crippen molar-refractivity contribution in [1.29, 1.82) is 0 Å². The van der Waals surface area contributed by atoms with E-state index < -0.39 is 0 Å². The first-order valence-electron chi connectivity index (χ1n) is 10.8. The molecule has 4 nitrogen and oxygen atoms in total. The van der Waals surface area contributed by atoms with Crippen LogP contribution in [0.1, 0.15) is 53.9 Å². The van der Waals surface area contributed by atoms with Gasteiger partial charge in [-0.3, -0.25) is 4.79 Å². The average Bonchev–Trinajstić information content (AvgIpc) is 3.12. The summed E-state index contributed by atoms with van der Waals surface area (Å²) in [7, 11) is 4.30. The van der Waals surface area contributed by atoms with Crippen molar-refractivity contribution in [3.05, 3.63) is 62.2 Å². The van der Waals surface area contributed by atoms with E-state index in [0.29, 0.717) is 11.1 Å². The maximum Gasteiger partial charge on any atom is 0.195 e. The van der Waals surface area contributed by atoms with Gasteiger partial charge in [-0.05, 0) is 56.8 Å². The van der Waals surface area contributed by atoms with Gasteiger partial charge in [-0.2, -0.15) is 0 Å². The summed E-state index contributed by atoms with van der Waals surface area (Å²) in [6.07, 6.45) is 2.23. The van der Waals surface area contributed by atoms with E-state index in [1.165, 1.54) is 0 Å². The summed E-state index contributed by atoms with van der Waals surface area (Å²) in [5, 5.41) is 1.63. The molecule has 1 aliphatic heterocycles. The van der Waals surface area contributed by atoms with Crippen molar-refractivity contribution < 1.29 is 4.79 Å². The first-order valence-corrected chi connectivity index (χ1v) is 12.0. The Morgan fingerprint density at radius 2 is 1.87 bits per heavy atom. The molecule has 5 rings (SSSR count). The third-order valence-corrected chi connectivity index (χ3v) is 7.95. The summed E-state index contributed by atoms with van der Waals surface area (Å²) in [5.74, 6) is 0.0534. The number of carbonyl (C=O) groups excluding carboxylic acids is 1. The maximum absolute atomic E-state index is 13.6. The number of benzene rings is 2. The van der Waals surface area contributed by atoms with Gasteiger partial charge in [0.1, 0.15) is 0 Å². The van der Waals surface area contributed by atoms with Gasteiger partial charge in [0.05, 0.1) is 16.3 Å². The smallest absolute Gasteiger partial charge is 0.195 e. The standard InChI is InChI=1S/C25H27BrClN3O/c1-25(2)18-13-21(30-9-7-15(8-10-30)29(3)4)19(27)12-17(18)23(31)22-16-6-5-14(26)11-20(16)28-24(22)25/h5-6,11-13,15,28H,7-10H2,1-4H3. The third-order valence-electron chi connectivity index (χ3n) is 7.15. The lowest BCUT2D eigenvalue weighted by atomic mass is 9.71. The Hall–Kier alpha value is -1.82. The molecule has 1 N–H and O–H groups in total. The van der Waals surface area contributed by atoms with E-state index in [1.54, 1.807) is 0 Å². The van der Waals surface area contributed by atoms with Crippen LogP contribution in [0.2, 0.25) is 5.02 Å². The Balaban J connectivity index is 1.60. The number of fused-ring (bicyclic) bond motifs is 4. The minimum atomic E-state index is -0.328. The van der Waals surface area contributed by atoms with Crippen LogP contribution in [0.5, 0.6) is 0 Å². The number of carbonyl (C=O) groups is 1. The van der Waals surface area contributed by atoms with Crippen LogP contribution in [0.15, 0.2) is 34.8 Å². The Morgan fingerprint density at radius 3 is 2.55 bits per heavy atom. The number of hydrogen-bond acceptors (Lipinski definition) is 3. The molecule has 1 fully saturated rings. The van der Waals surface area contributed by atoms with Gasteiger partial charge < -0.3 is 14.8 Å². The molecule has 6 heteroatoms. The zero-order valence-electron chi connectivity index (χ0n) is 18.4. The Labute approximate surface area is 196 Å². The Bertz CT molecular complexity index is 1210. The fourth-order valence-electron chi connectivity index (χ4n) is 5.28. The van der Waals surface area contributed by atoms with Crippen LogP contribution >= 0.6 is 27.5 Å². The van der Waals surface area contributed by atoms with Crippen LogP contribution in [0.25, 0.3) is 10.9 Å². The monoisotopic (exact) mass is 499 g/mol. The van der Waals surface area contributed by atoms with Crippen LogP contribution in [-0.2, 0) is 5.41 Å². The molecule has 1 aliphatic carbocycles. The molecule has 2 aliphatic rings. The maximum atomic E-state index is 13.6. The van der Waals surface area contributed by atoms with Gasteiger partial charge in [0.25, 0.3) is 0 Å². The molecule has 0 atom stereocenters. The van der Waals surface area contributed by atoms with Crippen molar-refractivity contribution >= 4 is 49.9 Å². The van der Waals surface area contributed by atoms with Crippen molar-refractivity contribution in [2.75, 3.05) is 32.1 Å². The summed E-state index contributed by atoms with van der Waals surface area (Å²) in [6.45, 7) is 6.33. The van der Waals surface area contributed by atoms with Crippen LogP contribution < -0.4 is 4.90 Å². The lowest BCUT2D eigenvalue weighted by Gasteiger charge is -2.38. The molecule has 2 aromatic carbocycles.